The monoisotopic (exact) mass is 376 g/mol. The van der Waals surface area contributed by atoms with E-state index in [0.29, 0.717) is 24.8 Å². The maximum Gasteiger partial charge on any atom is 0.275 e. The summed E-state index contributed by atoms with van der Waals surface area (Å²) in [5.41, 5.74) is 1.48. The zero-order valence-corrected chi connectivity index (χ0v) is 15.2. The number of benzene rings is 2. The van der Waals surface area contributed by atoms with Crippen molar-refractivity contribution in [2.45, 2.75) is 25.4 Å². The van der Waals surface area contributed by atoms with E-state index in [2.05, 4.69) is 15.7 Å². The van der Waals surface area contributed by atoms with Crippen LogP contribution >= 0.6 is 0 Å². The molecule has 1 aliphatic heterocycles. The van der Waals surface area contributed by atoms with Crippen molar-refractivity contribution >= 4 is 22.6 Å². The Hall–Kier alpha value is -3.48. The van der Waals surface area contributed by atoms with Crippen LogP contribution in [0.15, 0.2) is 59.4 Å². The van der Waals surface area contributed by atoms with Crippen molar-refractivity contribution in [3.63, 3.8) is 0 Å². The fourth-order valence-corrected chi connectivity index (χ4v) is 3.44. The van der Waals surface area contributed by atoms with E-state index in [1.165, 1.54) is 4.68 Å². The Balaban J connectivity index is 1.66. The van der Waals surface area contributed by atoms with Gasteiger partial charge in [-0.05, 0) is 18.1 Å². The van der Waals surface area contributed by atoms with Gasteiger partial charge in [-0.1, -0.05) is 48.5 Å². The van der Waals surface area contributed by atoms with Crippen LogP contribution in [-0.2, 0) is 22.6 Å². The Bertz CT molecular complexity index is 1090. The molecule has 4 rings (SSSR count). The molecule has 1 aromatic heterocycles. The lowest BCUT2D eigenvalue weighted by Gasteiger charge is -2.13. The van der Waals surface area contributed by atoms with Gasteiger partial charge in [0.25, 0.3) is 5.56 Å². The van der Waals surface area contributed by atoms with E-state index >= 15 is 0 Å². The van der Waals surface area contributed by atoms with Crippen LogP contribution in [0.3, 0.4) is 0 Å². The lowest BCUT2D eigenvalue weighted by atomic mass is 10.0. The van der Waals surface area contributed by atoms with Crippen molar-refractivity contribution in [2.75, 3.05) is 6.54 Å². The van der Waals surface area contributed by atoms with E-state index in [9.17, 15) is 14.4 Å². The molecule has 0 spiro atoms. The Labute approximate surface area is 161 Å². The minimum absolute atomic E-state index is 0.197. The van der Waals surface area contributed by atoms with Gasteiger partial charge in [0.2, 0.25) is 11.8 Å². The van der Waals surface area contributed by atoms with Crippen molar-refractivity contribution < 1.29 is 9.59 Å². The van der Waals surface area contributed by atoms with Gasteiger partial charge in [-0.3, -0.25) is 14.4 Å². The number of carbonyl (C=O) groups is 2. The van der Waals surface area contributed by atoms with Gasteiger partial charge in [-0.25, -0.2) is 4.68 Å². The predicted molar refractivity (Wildman–Crippen MR) is 105 cm³/mol. The number of aromatic nitrogens is 2. The van der Waals surface area contributed by atoms with Gasteiger partial charge in [0.1, 0.15) is 12.6 Å². The third-order valence-electron chi connectivity index (χ3n) is 4.84. The summed E-state index contributed by atoms with van der Waals surface area (Å²) in [7, 11) is 0. The number of nitrogens with zero attached hydrogens (tertiary/aromatic N) is 2. The number of hydrogen-bond donors (Lipinski definition) is 2. The Morgan fingerprint density at radius 1 is 1.07 bits per heavy atom. The van der Waals surface area contributed by atoms with Crippen molar-refractivity contribution in [1.29, 1.82) is 0 Å². The van der Waals surface area contributed by atoms with Crippen LogP contribution in [-0.4, -0.2) is 34.2 Å². The number of rotatable bonds is 5. The second-order valence-corrected chi connectivity index (χ2v) is 6.82. The maximum atomic E-state index is 12.8. The number of amides is 2. The fourth-order valence-electron chi connectivity index (χ4n) is 3.44. The zero-order valence-electron chi connectivity index (χ0n) is 15.2. The molecule has 0 saturated carbocycles. The first-order valence-corrected chi connectivity index (χ1v) is 9.21. The average molecular weight is 376 g/mol. The van der Waals surface area contributed by atoms with Crippen molar-refractivity contribution in [1.82, 2.24) is 20.4 Å². The summed E-state index contributed by atoms with van der Waals surface area (Å²) in [6, 6.07) is 16.6. The summed E-state index contributed by atoms with van der Waals surface area (Å²) in [6.07, 6.45) is 1.10. The minimum Gasteiger partial charge on any atom is -0.354 e. The maximum absolute atomic E-state index is 12.8. The van der Waals surface area contributed by atoms with Crippen molar-refractivity contribution in [3.8, 4) is 0 Å². The van der Waals surface area contributed by atoms with E-state index in [-0.39, 0.29) is 18.0 Å². The van der Waals surface area contributed by atoms with Crippen molar-refractivity contribution in [2.24, 2.45) is 0 Å². The highest BCUT2D eigenvalue weighted by Crippen LogP contribution is 2.17. The molecule has 2 aromatic carbocycles. The van der Waals surface area contributed by atoms with Gasteiger partial charge in [0.15, 0.2) is 0 Å². The molecule has 7 heteroatoms. The Morgan fingerprint density at radius 3 is 2.50 bits per heavy atom. The summed E-state index contributed by atoms with van der Waals surface area (Å²) in [4.78, 5) is 36.8. The molecule has 2 N–H and O–H groups in total. The predicted octanol–water partition coefficient (Wildman–Crippen LogP) is 0.992. The van der Waals surface area contributed by atoms with Gasteiger partial charge < -0.3 is 10.6 Å². The second-order valence-electron chi connectivity index (χ2n) is 6.82. The smallest absolute Gasteiger partial charge is 0.275 e. The number of hydrogen-bond acceptors (Lipinski definition) is 4. The number of carbonyl (C=O) groups excluding carboxylic acids is 2. The lowest BCUT2D eigenvalue weighted by molar-refractivity contribution is -0.127. The summed E-state index contributed by atoms with van der Waals surface area (Å²) in [5.74, 6) is -0.602. The minimum atomic E-state index is -0.549. The van der Waals surface area contributed by atoms with E-state index in [0.717, 1.165) is 16.6 Å². The van der Waals surface area contributed by atoms with Gasteiger partial charge in [0.05, 0.1) is 11.1 Å². The molecule has 142 valence electrons. The van der Waals surface area contributed by atoms with Crippen LogP contribution in [0.4, 0.5) is 0 Å². The van der Waals surface area contributed by atoms with Crippen molar-refractivity contribution in [3.05, 3.63) is 76.2 Å². The normalized spacial score (nSPS) is 16.1. The fraction of sp³-hybridized carbons (Fsp3) is 0.238. The first-order valence-electron chi connectivity index (χ1n) is 9.21. The molecule has 1 fully saturated rings. The lowest BCUT2D eigenvalue weighted by Crippen LogP contribution is -2.43. The SMILES string of the molecule is O=C(Cn1nc(Cc2ccccc2)c2ccccc2c1=O)N[C@H]1CCNC1=O. The molecule has 28 heavy (non-hydrogen) atoms. The van der Waals surface area contributed by atoms with Gasteiger partial charge in [-0.15, -0.1) is 0 Å². The van der Waals surface area contributed by atoms with Crippen LogP contribution in [0, 0.1) is 0 Å². The molecule has 7 nitrogen and oxygen atoms in total. The quantitative estimate of drug-likeness (QED) is 0.695. The summed E-state index contributed by atoms with van der Waals surface area (Å²) >= 11 is 0. The highest BCUT2D eigenvalue weighted by molar-refractivity contribution is 5.89. The first kappa shape index (κ1) is 17.9. The molecule has 1 atom stereocenters. The first-order chi connectivity index (χ1) is 13.6. The van der Waals surface area contributed by atoms with Gasteiger partial charge >= 0.3 is 0 Å². The molecular weight excluding hydrogens is 356 g/mol. The molecule has 0 aliphatic carbocycles. The topological polar surface area (TPSA) is 93.1 Å². The number of fused-ring (bicyclic) bond motifs is 1. The molecule has 0 bridgehead atoms. The summed E-state index contributed by atoms with van der Waals surface area (Å²) < 4.78 is 1.18. The Morgan fingerprint density at radius 2 is 1.79 bits per heavy atom. The van der Waals surface area contributed by atoms with Crippen LogP contribution in [0.1, 0.15) is 17.7 Å². The largest absolute Gasteiger partial charge is 0.354 e. The van der Waals surface area contributed by atoms with E-state index in [1.807, 2.05) is 42.5 Å². The molecular formula is C21H20N4O3. The molecule has 1 aliphatic rings. The summed E-state index contributed by atoms with van der Waals surface area (Å²) in [5, 5.41) is 11.1. The van der Waals surface area contributed by atoms with Crippen LogP contribution in [0.5, 0.6) is 0 Å². The van der Waals surface area contributed by atoms with E-state index in [1.54, 1.807) is 12.1 Å². The molecule has 2 heterocycles. The van der Waals surface area contributed by atoms with Crippen LogP contribution in [0.25, 0.3) is 10.8 Å². The Kier molecular flexibility index (Phi) is 4.89. The zero-order chi connectivity index (χ0) is 19.5. The van der Waals surface area contributed by atoms with E-state index in [4.69, 9.17) is 0 Å². The molecule has 1 saturated heterocycles. The van der Waals surface area contributed by atoms with Gasteiger partial charge in [-0.2, -0.15) is 5.10 Å². The molecule has 0 radical (unpaired) electrons. The molecule has 2 amide bonds. The molecule has 0 unspecified atom stereocenters. The second kappa shape index (κ2) is 7.64. The third-order valence-corrected chi connectivity index (χ3v) is 4.84. The average Bonchev–Trinajstić information content (AvgIpc) is 3.11. The van der Waals surface area contributed by atoms with Gasteiger partial charge in [0, 0.05) is 18.4 Å². The number of nitrogens with one attached hydrogen (secondary N) is 2. The molecule has 3 aromatic rings. The van der Waals surface area contributed by atoms with E-state index < -0.39 is 11.9 Å². The standard InChI is InChI=1S/C21H20N4O3/c26-19(23-17-10-11-22-20(17)27)13-25-21(28)16-9-5-4-8-15(16)18(24-25)12-14-6-2-1-3-7-14/h1-9,17H,10-13H2,(H,22,27)(H,23,26)/t17-/m0/s1. The summed E-state index contributed by atoms with van der Waals surface area (Å²) in [6.45, 7) is 0.314. The van der Waals surface area contributed by atoms with Crippen LogP contribution in [0.2, 0.25) is 0 Å². The van der Waals surface area contributed by atoms with Crippen LogP contribution < -0.4 is 16.2 Å². The third kappa shape index (κ3) is 3.64. The highest BCUT2D eigenvalue weighted by atomic mass is 16.2. The highest BCUT2D eigenvalue weighted by Gasteiger charge is 2.25.